The number of rotatable bonds is 3. The molecule has 0 bridgehead atoms. The molecule has 0 N–H and O–H groups in total. The van der Waals surface area contributed by atoms with Crippen molar-refractivity contribution < 1.29 is 4.79 Å². The van der Waals surface area contributed by atoms with Crippen LogP contribution in [0.2, 0.25) is 5.02 Å². The number of benzene rings is 1. The third kappa shape index (κ3) is 2.28. The fourth-order valence-corrected chi connectivity index (χ4v) is 1.55. The Kier molecular flexibility index (Phi) is 3.01. The molecule has 0 aliphatic rings. The van der Waals surface area contributed by atoms with Gasteiger partial charge in [-0.1, -0.05) is 28.9 Å². The molecular weight excluding hydrogens is 226 g/mol. The molecule has 1 aromatic carbocycles. The molecule has 2 rings (SSSR count). The number of hydrogen-bond donors (Lipinski definition) is 0. The second-order valence-electron chi connectivity index (χ2n) is 3.47. The van der Waals surface area contributed by atoms with Crippen molar-refractivity contribution >= 4 is 17.4 Å². The average Bonchev–Trinajstić information content (AvgIpc) is 2.68. The third-order valence-corrected chi connectivity index (χ3v) is 2.53. The van der Waals surface area contributed by atoms with E-state index in [2.05, 4.69) is 10.3 Å². The van der Waals surface area contributed by atoms with Crippen molar-refractivity contribution in [3.8, 4) is 0 Å². The fourth-order valence-electron chi connectivity index (χ4n) is 1.42. The topological polar surface area (TPSA) is 47.8 Å². The lowest BCUT2D eigenvalue weighted by Gasteiger charge is -2.01. The second-order valence-corrected chi connectivity index (χ2v) is 3.91. The molecule has 0 saturated heterocycles. The summed E-state index contributed by atoms with van der Waals surface area (Å²) in [6.45, 7) is 0. The van der Waals surface area contributed by atoms with Gasteiger partial charge in [0, 0.05) is 18.5 Å². The van der Waals surface area contributed by atoms with E-state index in [0.717, 1.165) is 5.56 Å². The lowest BCUT2D eigenvalue weighted by atomic mass is 10.1. The molecule has 0 radical (unpaired) electrons. The summed E-state index contributed by atoms with van der Waals surface area (Å²) < 4.78 is 1.47. The summed E-state index contributed by atoms with van der Waals surface area (Å²) in [7, 11) is 1.70. The first kappa shape index (κ1) is 10.8. The zero-order valence-corrected chi connectivity index (χ0v) is 9.48. The number of hydrogen-bond acceptors (Lipinski definition) is 3. The van der Waals surface area contributed by atoms with Crippen LogP contribution in [0, 0.1) is 0 Å². The van der Waals surface area contributed by atoms with E-state index in [1.165, 1.54) is 10.9 Å². The monoisotopic (exact) mass is 235 g/mol. The van der Waals surface area contributed by atoms with Gasteiger partial charge in [-0.25, -0.2) is 4.68 Å². The van der Waals surface area contributed by atoms with Crippen LogP contribution in [0.4, 0.5) is 0 Å². The molecule has 0 fully saturated rings. The highest BCUT2D eigenvalue weighted by atomic mass is 35.5. The largest absolute Gasteiger partial charge is 0.292 e. The van der Waals surface area contributed by atoms with Crippen LogP contribution in [-0.2, 0) is 13.5 Å². The predicted molar refractivity (Wildman–Crippen MR) is 60.5 cm³/mol. The normalized spacial score (nSPS) is 10.4. The number of nitrogens with zero attached hydrogens (tertiary/aromatic N) is 3. The van der Waals surface area contributed by atoms with Crippen molar-refractivity contribution in [3.63, 3.8) is 0 Å². The molecule has 0 amide bonds. The standard InChI is InChI=1S/C11H10ClN3O/c1-15-10(7-13-14-15)11(16)6-8-2-4-9(12)5-3-8/h2-5,7H,6H2,1H3. The molecule has 2 aromatic rings. The van der Waals surface area contributed by atoms with E-state index in [4.69, 9.17) is 11.6 Å². The second kappa shape index (κ2) is 4.45. The summed E-state index contributed by atoms with van der Waals surface area (Å²) in [5.74, 6) is -0.00479. The van der Waals surface area contributed by atoms with Crippen molar-refractivity contribution in [3.05, 3.63) is 46.7 Å². The van der Waals surface area contributed by atoms with Gasteiger partial charge in [0.1, 0.15) is 5.69 Å². The Morgan fingerprint density at radius 1 is 1.38 bits per heavy atom. The van der Waals surface area contributed by atoms with Gasteiger partial charge >= 0.3 is 0 Å². The van der Waals surface area contributed by atoms with Crippen molar-refractivity contribution in [2.75, 3.05) is 0 Å². The summed E-state index contributed by atoms with van der Waals surface area (Å²) >= 11 is 5.76. The Bertz CT molecular complexity index is 504. The molecule has 0 unspecified atom stereocenters. The zero-order valence-electron chi connectivity index (χ0n) is 8.72. The van der Waals surface area contributed by atoms with Crippen LogP contribution in [0.3, 0.4) is 0 Å². The minimum absolute atomic E-state index is 0.00479. The molecule has 1 heterocycles. The lowest BCUT2D eigenvalue weighted by Crippen LogP contribution is -2.09. The van der Waals surface area contributed by atoms with Crippen LogP contribution in [0.25, 0.3) is 0 Å². The number of Topliss-reactive ketones (excluding diaryl/α,β-unsaturated/α-hetero) is 1. The van der Waals surface area contributed by atoms with E-state index in [-0.39, 0.29) is 5.78 Å². The molecule has 1 aromatic heterocycles. The van der Waals surface area contributed by atoms with Gasteiger partial charge in [0.2, 0.25) is 0 Å². The summed E-state index contributed by atoms with van der Waals surface area (Å²) in [5, 5.41) is 8.05. The maximum Gasteiger partial charge on any atom is 0.186 e. The quantitative estimate of drug-likeness (QED) is 0.764. The van der Waals surface area contributed by atoms with Gasteiger partial charge in [-0.15, -0.1) is 5.10 Å². The van der Waals surface area contributed by atoms with Crippen LogP contribution in [0.5, 0.6) is 0 Å². The number of halogens is 1. The molecule has 0 saturated carbocycles. The number of aromatic nitrogens is 3. The molecule has 0 aliphatic heterocycles. The van der Waals surface area contributed by atoms with Crippen LogP contribution in [-0.4, -0.2) is 20.8 Å². The van der Waals surface area contributed by atoms with E-state index in [1.54, 1.807) is 19.2 Å². The third-order valence-electron chi connectivity index (χ3n) is 2.28. The Hall–Kier alpha value is -1.68. The fraction of sp³-hybridized carbons (Fsp3) is 0.182. The van der Waals surface area contributed by atoms with E-state index in [1.807, 2.05) is 12.1 Å². The average molecular weight is 236 g/mol. The number of aryl methyl sites for hydroxylation is 1. The first-order chi connectivity index (χ1) is 7.66. The van der Waals surface area contributed by atoms with Gasteiger partial charge in [-0.3, -0.25) is 4.79 Å². The van der Waals surface area contributed by atoms with Crippen molar-refractivity contribution in [2.24, 2.45) is 7.05 Å². The summed E-state index contributed by atoms with van der Waals surface area (Å²) in [5.41, 5.74) is 1.44. The molecule has 0 aliphatic carbocycles. The van der Waals surface area contributed by atoms with Crippen molar-refractivity contribution in [2.45, 2.75) is 6.42 Å². The predicted octanol–water partition coefficient (Wildman–Crippen LogP) is 1.89. The first-order valence-corrected chi connectivity index (χ1v) is 5.17. The van der Waals surface area contributed by atoms with Crippen LogP contribution < -0.4 is 0 Å². The first-order valence-electron chi connectivity index (χ1n) is 4.79. The lowest BCUT2D eigenvalue weighted by molar-refractivity contribution is 0.0984. The van der Waals surface area contributed by atoms with E-state index >= 15 is 0 Å². The smallest absolute Gasteiger partial charge is 0.186 e. The van der Waals surface area contributed by atoms with E-state index in [9.17, 15) is 4.79 Å². The maximum absolute atomic E-state index is 11.8. The van der Waals surface area contributed by atoms with Gasteiger partial charge < -0.3 is 0 Å². The Labute approximate surface area is 97.8 Å². The van der Waals surface area contributed by atoms with Crippen LogP contribution in [0.15, 0.2) is 30.5 Å². The highest BCUT2D eigenvalue weighted by Crippen LogP contribution is 2.11. The molecule has 16 heavy (non-hydrogen) atoms. The number of carbonyl (C=O) groups excluding carboxylic acids is 1. The summed E-state index contributed by atoms with van der Waals surface area (Å²) in [6, 6.07) is 7.21. The highest BCUT2D eigenvalue weighted by Gasteiger charge is 2.11. The van der Waals surface area contributed by atoms with Gasteiger partial charge in [-0.2, -0.15) is 0 Å². The molecule has 5 heteroatoms. The molecule has 0 atom stereocenters. The molecule has 82 valence electrons. The summed E-state index contributed by atoms with van der Waals surface area (Å²) in [6.07, 6.45) is 1.80. The highest BCUT2D eigenvalue weighted by molar-refractivity contribution is 6.30. The van der Waals surface area contributed by atoms with Gasteiger partial charge in [0.15, 0.2) is 5.78 Å². The van der Waals surface area contributed by atoms with E-state index < -0.39 is 0 Å². The van der Waals surface area contributed by atoms with Gasteiger partial charge in [-0.05, 0) is 17.7 Å². The van der Waals surface area contributed by atoms with Gasteiger partial charge in [0.25, 0.3) is 0 Å². The van der Waals surface area contributed by atoms with Crippen molar-refractivity contribution in [1.82, 2.24) is 15.0 Å². The minimum atomic E-state index is -0.00479. The Balaban J connectivity index is 2.14. The number of carbonyl (C=O) groups is 1. The van der Waals surface area contributed by atoms with E-state index in [0.29, 0.717) is 17.1 Å². The van der Waals surface area contributed by atoms with Crippen LogP contribution >= 0.6 is 11.6 Å². The van der Waals surface area contributed by atoms with Crippen molar-refractivity contribution in [1.29, 1.82) is 0 Å². The molecule has 0 spiro atoms. The Morgan fingerprint density at radius 2 is 2.06 bits per heavy atom. The van der Waals surface area contributed by atoms with Crippen LogP contribution in [0.1, 0.15) is 16.1 Å². The maximum atomic E-state index is 11.8. The molecular formula is C11H10ClN3O. The Morgan fingerprint density at radius 3 is 2.62 bits per heavy atom. The number of ketones is 1. The SMILES string of the molecule is Cn1nncc1C(=O)Cc1ccc(Cl)cc1. The minimum Gasteiger partial charge on any atom is -0.292 e. The summed E-state index contributed by atoms with van der Waals surface area (Å²) in [4.78, 5) is 11.8. The van der Waals surface area contributed by atoms with Gasteiger partial charge in [0.05, 0.1) is 6.20 Å². The molecule has 4 nitrogen and oxygen atoms in total. The zero-order chi connectivity index (χ0) is 11.5.